The highest BCUT2D eigenvalue weighted by Gasteiger charge is 2.10. The average Bonchev–Trinajstić information content (AvgIpc) is 2.50. The van der Waals surface area contributed by atoms with Crippen LogP contribution in [0.2, 0.25) is 15.1 Å². The number of hydrogen-bond donors (Lipinski definition) is 2. The van der Waals surface area contributed by atoms with Crippen LogP contribution in [0.4, 0.5) is 5.69 Å². The molecule has 0 aliphatic carbocycles. The largest absolute Gasteiger partial charge is 0.343 e. The Morgan fingerprint density at radius 1 is 0.909 bits per heavy atom. The van der Waals surface area contributed by atoms with Crippen LogP contribution in [0.1, 0.15) is 10.4 Å². The van der Waals surface area contributed by atoms with Crippen molar-refractivity contribution in [1.82, 2.24) is 5.32 Å². The first-order valence-electron chi connectivity index (χ1n) is 6.24. The molecule has 0 aromatic heterocycles. The van der Waals surface area contributed by atoms with Crippen molar-refractivity contribution in [2.45, 2.75) is 0 Å². The van der Waals surface area contributed by atoms with E-state index in [0.29, 0.717) is 21.3 Å². The lowest BCUT2D eigenvalue weighted by Gasteiger charge is -2.07. The molecule has 0 saturated carbocycles. The minimum atomic E-state index is -0.412. The fourth-order valence-electron chi connectivity index (χ4n) is 1.64. The second-order valence-corrected chi connectivity index (χ2v) is 5.62. The summed E-state index contributed by atoms with van der Waals surface area (Å²) < 4.78 is 0. The van der Waals surface area contributed by atoms with Crippen LogP contribution in [0, 0.1) is 0 Å². The van der Waals surface area contributed by atoms with Crippen molar-refractivity contribution in [3.8, 4) is 0 Å². The van der Waals surface area contributed by atoms with E-state index < -0.39 is 5.91 Å². The molecule has 0 spiro atoms. The highest BCUT2D eigenvalue weighted by Crippen LogP contribution is 2.22. The third-order valence-electron chi connectivity index (χ3n) is 2.72. The summed E-state index contributed by atoms with van der Waals surface area (Å²) in [6.45, 7) is -0.165. The number of carbonyl (C=O) groups is 2. The molecule has 0 bridgehead atoms. The standard InChI is InChI=1S/C15H11Cl3N2O2/c16-10-2-4-11(5-3-10)20-14(21)8-19-15(22)9-1-6-12(17)13(18)7-9/h1-7H,8H2,(H,19,22)(H,20,21). The molecule has 0 atom stereocenters. The second-order valence-electron chi connectivity index (χ2n) is 4.37. The van der Waals surface area contributed by atoms with Crippen LogP contribution >= 0.6 is 34.8 Å². The first-order chi connectivity index (χ1) is 10.5. The van der Waals surface area contributed by atoms with Crippen molar-refractivity contribution < 1.29 is 9.59 Å². The molecule has 0 aliphatic rings. The van der Waals surface area contributed by atoms with E-state index in [9.17, 15) is 9.59 Å². The van der Waals surface area contributed by atoms with Crippen LogP contribution < -0.4 is 10.6 Å². The van der Waals surface area contributed by atoms with E-state index in [2.05, 4.69) is 10.6 Å². The fraction of sp³-hybridized carbons (Fsp3) is 0.0667. The maximum Gasteiger partial charge on any atom is 0.251 e. The molecule has 0 fully saturated rings. The Kier molecular flexibility index (Phi) is 5.66. The molecule has 0 radical (unpaired) electrons. The highest BCUT2D eigenvalue weighted by molar-refractivity contribution is 6.42. The summed E-state index contributed by atoms with van der Waals surface area (Å²) in [7, 11) is 0. The molecule has 22 heavy (non-hydrogen) atoms. The zero-order valence-corrected chi connectivity index (χ0v) is 13.5. The molecule has 7 heteroatoms. The van der Waals surface area contributed by atoms with E-state index in [0.717, 1.165) is 0 Å². The maximum atomic E-state index is 11.9. The molecule has 114 valence electrons. The van der Waals surface area contributed by atoms with Crippen LogP contribution in [0.25, 0.3) is 0 Å². The Balaban J connectivity index is 1.88. The molecule has 2 amide bonds. The molecular weight excluding hydrogens is 347 g/mol. The van der Waals surface area contributed by atoms with Gasteiger partial charge in [-0.05, 0) is 42.5 Å². The molecule has 2 aromatic carbocycles. The van der Waals surface area contributed by atoms with Crippen molar-refractivity contribution in [3.63, 3.8) is 0 Å². The van der Waals surface area contributed by atoms with Crippen molar-refractivity contribution in [2.24, 2.45) is 0 Å². The molecule has 2 rings (SSSR count). The molecule has 2 aromatic rings. The van der Waals surface area contributed by atoms with E-state index in [-0.39, 0.29) is 17.5 Å². The van der Waals surface area contributed by atoms with Crippen LogP contribution in [-0.4, -0.2) is 18.4 Å². The Morgan fingerprint density at radius 2 is 1.59 bits per heavy atom. The number of anilines is 1. The summed E-state index contributed by atoms with van der Waals surface area (Å²) in [5.74, 6) is -0.763. The third kappa shape index (κ3) is 4.63. The van der Waals surface area contributed by atoms with E-state index in [1.165, 1.54) is 18.2 Å². The SMILES string of the molecule is O=C(CNC(=O)c1ccc(Cl)c(Cl)c1)Nc1ccc(Cl)cc1. The normalized spacial score (nSPS) is 10.1. The summed E-state index contributed by atoms with van der Waals surface area (Å²) in [6, 6.07) is 11.1. The average molecular weight is 358 g/mol. The second kappa shape index (κ2) is 7.49. The van der Waals surface area contributed by atoms with Gasteiger partial charge in [-0.25, -0.2) is 0 Å². The zero-order valence-electron chi connectivity index (χ0n) is 11.2. The van der Waals surface area contributed by atoms with Gasteiger partial charge in [-0.2, -0.15) is 0 Å². The van der Waals surface area contributed by atoms with Gasteiger partial charge >= 0.3 is 0 Å². The number of nitrogens with one attached hydrogen (secondary N) is 2. The number of halogens is 3. The molecule has 2 N–H and O–H groups in total. The molecule has 0 aliphatic heterocycles. The topological polar surface area (TPSA) is 58.2 Å². The Morgan fingerprint density at radius 3 is 2.23 bits per heavy atom. The predicted octanol–water partition coefficient (Wildman–Crippen LogP) is 4.02. The quantitative estimate of drug-likeness (QED) is 0.868. The number of hydrogen-bond acceptors (Lipinski definition) is 2. The molecule has 0 saturated heterocycles. The van der Waals surface area contributed by atoms with Gasteiger partial charge in [0.25, 0.3) is 5.91 Å². The predicted molar refractivity (Wildman–Crippen MR) is 88.9 cm³/mol. The first kappa shape index (κ1) is 16.6. The Hall–Kier alpha value is -1.75. The van der Waals surface area contributed by atoms with Gasteiger partial charge in [0.05, 0.1) is 16.6 Å². The van der Waals surface area contributed by atoms with E-state index in [1.54, 1.807) is 24.3 Å². The van der Waals surface area contributed by atoms with Gasteiger partial charge in [0, 0.05) is 16.3 Å². The summed E-state index contributed by atoms with van der Waals surface area (Å²) in [6.07, 6.45) is 0. The van der Waals surface area contributed by atoms with Gasteiger partial charge in [-0.15, -0.1) is 0 Å². The summed E-state index contributed by atoms with van der Waals surface area (Å²) in [5.41, 5.74) is 0.923. The zero-order chi connectivity index (χ0) is 16.1. The number of benzene rings is 2. The summed E-state index contributed by atoms with van der Waals surface area (Å²) in [4.78, 5) is 23.6. The maximum absolute atomic E-state index is 11.9. The molecule has 4 nitrogen and oxygen atoms in total. The monoisotopic (exact) mass is 356 g/mol. The first-order valence-corrected chi connectivity index (χ1v) is 7.38. The summed E-state index contributed by atoms with van der Waals surface area (Å²) in [5, 5.41) is 6.35. The van der Waals surface area contributed by atoms with Crippen molar-refractivity contribution >= 4 is 52.3 Å². The van der Waals surface area contributed by atoms with Crippen molar-refractivity contribution in [2.75, 3.05) is 11.9 Å². The highest BCUT2D eigenvalue weighted by atomic mass is 35.5. The lowest BCUT2D eigenvalue weighted by atomic mass is 10.2. The van der Waals surface area contributed by atoms with Crippen molar-refractivity contribution in [3.05, 3.63) is 63.1 Å². The van der Waals surface area contributed by atoms with Gasteiger partial charge in [-0.1, -0.05) is 34.8 Å². The fourth-order valence-corrected chi connectivity index (χ4v) is 2.06. The van der Waals surface area contributed by atoms with Crippen LogP contribution in [0.15, 0.2) is 42.5 Å². The van der Waals surface area contributed by atoms with Gasteiger partial charge in [-0.3, -0.25) is 9.59 Å². The molecular formula is C15H11Cl3N2O2. The van der Waals surface area contributed by atoms with Gasteiger partial charge < -0.3 is 10.6 Å². The van der Waals surface area contributed by atoms with Gasteiger partial charge in [0.1, 0.15) is 0 Å². The van der Waals surface area contributed by atoms with Crippen LogP contribution in [0.5, 0.6) is 0 Å². The van der Waals surface area contributed by atoms with Crippen LogP contribution in [0.3, 0.4) is 0 Å². The number of amides is 2. The number of rotatable bonds is 4. The van der Waals surface area contributed by atoms with Gasteiger partial charge in [0.2, 0.25) is 5.91 Å². The van der Waals surface area contributed by atoms with E-state index >= 15 is 0 Å². The Bertz CT molecular complexity index is 702. The lowest BCUT2D eigenvalue weighted by Crippen LogP contribution is -2.32. The van der Waals surface area contributed by atoms with E-state index in [4.69, 9.17) is 34.8 Å². The molecule has 0 unspecified atom stereocenters. The molecule has 0 heterocycles. The summed E-state index contributed by atoms with van der Waals surface area (Å²) >= 11 is 17.4. The third-order valence-corrected chi connectivity index (χ3v) is 3.71. The Labute approximate surface area is 142 Å². The van der Waals surface area contributed by atoms with Crippen LogP contribution in [-0.2, 0) is 4.79 Å². The van der Waals surface area contributed by atoms with Gasteiger partial charge in [0.15, 0.2) is 0 Å². The van der Waals surface area contributed by atoms with Crippen molar-refractivity contribution in [1.29, 1.82) is 0 Å². The minimum absolute atomic E-state index is 0.165. The minimum Gasteiger partial charge on any atom is -0.343 e. The van der Waals surface area contributed by atoms with E-state index in [1.807, 2.05) is 0 Å². The number of carbonyl (C=O) groups excluding carboxylic acids is 2. The lowest BCUT2D eigenvalue weighted by molar-refractivity contribution is -0.115. The smallest absolute Gasteiger partial charge is 0.251 e.